The Kier molecular flexibility index (Phi) is 4.22. The first-order valence-electron chi connectivity index (χ1n) is 6.95. The second-order valence-corrected chi connectivity index (χ2v) is 5.30. The first-order chi connectivity index (χ1) is 8.61. The molecule has 0 aromatic heterocycles. The zero-order chi connectivity index (χ0) is 13.1. The average molecular weight is 253 g/mol. The molecule has 1 unspecified atom stereocenters. The Morgan fingerprint density at radius 3 is 2.44 bits per heavy atom. The third-order valence-electron chi connectivity index (χ3n) is 3.53. The molecule has 0 heterocycles. The van der Waals surface area contributed by atoms with Crippen molar-refractivity contribution in [3.63, 3.8) is 0 Å². The largest absolute Gasteiger partial charge is 0.352 e. The molecule has 2 N–H and O–H groups in total. The summed E-state index contributed by atoms with van der Waals surface area (Å²) in [4.78, 5) is 25.5. The maximum absolute atomic E-state index is 11.9. The molecule has 5 nitrogen and oxygen atoms in total. The second-order valence-electron chi connectivity index (χ2n) is 5.30. The summed E-state index contributed by atoms with van der Waals surface area (Å²) >= 11 is 0. The van der Waals surface area contributed by atoms with Crippen LogP contribution in [0.5, 0.6) is 0 Å². The lowest BCUT2D eigenvalue weighted by Crippen LogP contribution is -2.47. The first-order valence-corrected chi connectivity index (χ1v) is 6.95. The normalized spacial score (nSPS) is 20.3. The number of nitrogens with one attached hydrogen (secondary N) is 2. The fraction of sp³-hybridized carbons (Fsp3) is 0.846. The summed E-state index contributed by atoms with van der Waals surface area (Å²) in [5.41, 5.74) is 0. The van der Waals surface area contributed by atoms with E-state index in [1.54, 1.807) is 6.92 Å². The molecule has 2 rings (SSSR count). The Morgan fingerprint density at radius 2 is 1.94 bits per heavy atom. The monoisotopic (exact) mass is 253 g/mol. The standard InChI is InChI=1S/C13H23N3O2/c1-3-16(11-6-7-11)12(17)8-14-9(2)13(18)15-10-4-5-10/h9-11,14H,3-8H2,1-2H3,(H,15,18). The Morgan fingerprint density at radius 1 is 1.28 bits per heavy atom. The van der Waals surface area contributed by atoms with E-state index in [4.69, 9.17) is 0 Å². The van der Waals surface area contributed by atoms with Crippen molar-refractivity contribution in [2.75, 3.05) is 13.1 Å². The van der Waals surface area contributed by atoms with Gasteiger partial charge >= 0.3 is 0 Å². The van der Waals surface area contributed by atoms with Gasteiger partial charge in [0.25, 0.3) is 0 Å². The Hall–Kier alpha value is -1.10. The number of carbonyl (C=O) groups excluding carboxylic acids is 2. The molecule has 0 aromatic rings. The van der Waals surface area contributed by atoms with Crippen LogP contribution in [-0.2, 0) is 9.59 Å². The van der Waals surface area contributed by atoms with Crippen molar-refractivity contribution in [1.29, 1.82) is 0 Å². The highest BCUT2D eigenvalue weighted by atomic mass is 16.2. The molecule has 0 radical (unpaired) electrons. The third kappa shape index (κ3) is 3.70. The third-order valence-corrected chi connectivity index (χ3v) is 3.53. The van der Waals surface area contributed by atoms with Crippen molar-refractivity contribution in [3.8, 4) is 0 Å². The van der Waals surface area contributed by atoms with Gasteiger partial charge in [-0.3, -0.25) is 14.9 Å². The quantitative estimate of drug-likeness (QED) is 0.684. The number of hydrogen-bond acceptors (Lipinski definition) is 3. The molecule has 0 saturated heterocycles. The van der Waals surface area contributed by atoms with E-state index in [1.807, 2.05) is 11.8 Å². The Balaban J connectivity index is 1.68. The number of rotatable bonds is 7. The molecule has 0 aromatic carbocycles. The van der Waals surface area contributed by atoms with Crippen molar-refractivity contribution >= 4 is 11.8 Å². The van der Waals surface area contributed by atoms with Crippen LogP contribution in [0.4, 0.5) is 0 Å². The van der Waals surface area contributed by atoms with Crippen LogP contribution in [0.2, 0.25) is 0 Å². The van der Waals surface area contributed by atoms with Crippen molar-refractivity contribution in [2.45, 2.75) is 57.7 Å². The Labute approximate surface area is 108 Å². The second kappa shape index (κ2) is 5.69. The molecule has 2 saturated carbocycles. The number of nitrogens with zero attached hydrogens (tertiary/aromatic N) is 1. The molecule has 1 atom stereocenters. The van der Waals surface area contributed by atoms with E-state index < -0.39 is 0 Å². The van der Waals surface area contributed by atoms with Crippen LogP contribution in [0.1, 0.15) is 39.5 Å². The summed E-state index contributed by atoms with van der Waals surface area (Å²) < 4.78 is 0. The van der Waals surface area contributed by atoms with Crippen LogP contribution >= 0.6 is 0 Å². The summed E-state index contributed by atoms with van der Waals surface area (Å²) in [7, 11) is 0. The van der Waals surface area contributed by atoms with Gasteiger partial charge in [0.05, 0.1) is 12.6 Å². The predicted molar refractivity (Wildman–Crippen MR) is 69.0 cm³/mol. The minimum absolute atomic E-state index is 0.000213. The average Bonchev–Trinajstić information content (AvgIpc) is 3.19. The minimum atomic E-state index is -0.299. The van der Waals surface area contributed by atoms with E-state index in [9.17, 15) is 9.59 Å². The van der Waals surface area contributed by atoms with Crippen LogP contribution in [-0.4, -0.2) is 47.9 Å². The highest BCUT2D eigenvalue weighted by Crippen LogP contribution is 2.26. The summed E-state index contributed by atoms with van der Waals surface area (Å²) in [6.45, 7) is 4.81. The lowest BCUT2D eigenvalue weighted by atomic mass is 10.3. The van der Waals surface area contributed by atoms with Gasteiger partial charge < -0.3 is 10.2 Å². The zero-order valence-corrected chi connectivity index (χ0v) is 11.2. The lowest BCUT2D eigenvalue weighted by molar-refractivity contribution is -0.131. The van der Waals surface area contributed by atoms with Gasteiger partial charge in [-0.1, -0.05) is 0 Å². The van der Waals surface area contributed by atoms with Gasteiger partial charge in [0.2, 0.25) is 11.8 Å². The van der Waals surface area contributed by atoms with Gasteiger partial charge in [0.1, 0.15) is 0 Å². The molecule has 0 bridgehead atoms. The van der Waals surface area contributed by atoms with Crippen LogP contribution < -0.4 is 10.6 Å². The molecule has 2 aliphatic rings. The molecular formula is C13H23N3O2. The van der Waals surface area contributed by atoms with E-state index in [0.717, 1.165) is 32.2 Å². The summed E-state index contributed by atoms with van der Waals surface area (Å²) in [5, 5.41) is 5.94. The number of carbonyl (C=O) groups is 2. The summed E-state index contributed by atoms with van der Waals surface area (Å²) in [5.74, 6) is 0.103. The number of amides is 2. The highest BCUT2D eigenvalue weighted by Gasteiger charge is 2.31. The van der Waals surface area contributed by atoms with Crippen molar-refractivity contribution in [2.24, 2.45) is 0 Å². The first kappa shape index (κ1) is 13.3. The zero-order valence-electron chi connectivity index (χ0n) is 11.2. The maximum atomic E-state index is 11.9. The van der Waals surface area contributed by atoms with Crippen LogP contribution in [0.15, 0.2) is 0 Å². The summed E-state index contributed by atoms with van der Waals surface area (Å²) in [6, 6.07) is 0.517. The SMILES string of the molecule is CCN(C(=O)CNC(C)C(=O)NC1CC1)C1CC1. The smallest absolute Gasteiger partial charge is 0.237 e. The number of hydrogen-bond donors (Lipinski definition) is 2. The van der Waals surface area contributed by atoms with Crippen molar-refractivity contribution in [3.05, 3.63) is 0 Å². The van der Waals surface area contributed by atoms with Gasteiger partial charge in [0, 0.05) is 18.6 Å². The Bertz CT molecular complexity index is 324. The molecule has 102 valence electrons. The maximum Gasteiger partial charge on any atom is 0.237 e. The minimum Gasteiger partial charge on any atom is -0.352 e. The van der Waals surface area contributed by atoms with Gasteiger partial charge in [-0.15, -0.1) is 0 Å². The van der Waals surface area contributed by atoms with Gasteiger partial charge in [-0.05, 0) is 39.5 Å². The molecule has 0 aliphatic heterocycles. The van der Waals surface area contributed by atoms with E-state index in [-0.39, 0.29) is 24.4 Å². The fourth-order valence-corrected chi connectivity index (χ4v) is 2.01. The molecule has 0 spiro atoms. The van der Waals surface area contributed by atoms with E-state index in [0.29, 0.717) is 12.1 Å². The number of likely N-dealkylation sites (N-methyl/N-ethyl adjacent to an activating group) is 1. The van der Waals surface area contributed by atoms with Crippen LogP contribution in [0, 0.1) is 0 Å². The van der Waals surface area contributed by atoms with Gasteiger partial charge in [-0.2, -0.15) is 0 Å². The van der Waals surface area contributed by atoms with E-state index in [2.05, 4.69) is 10.6 Å². The van der Waals surface area contributed by atoms with Gasteiger partial charge in [0.15, 0.2) is 0 Å². The van der Waals surface area contributed by atoms with Gasteiger partial charge in [-0.25, -0.2) is 0 Å². The molecule has 2 aliphatic carbocycles. The van der Waals surface area contributed by atoms with Crippen LogP contribution in [0.3, 0.4) is 0 Å². The molecule has 2 fully saturated rings. The molecule has 18 heavy (non-hydrogen) atoms. The summed E-state index contributed by atoms with van der Waals surface area (Å²) in [6.07, 6.45) is 4.42. The van der Waals surface area contributed by atoms with E-state index in [1.165, 1.54) is 0 Å². The van der Waals surface area contributed by atoms with Crippen LogP contribution in [0.25, 0.3) is 0 Å². The topological polar surface area (TPSA) is 61.4 Å². The molecule has 2 amide bonds. The molecular weight excluding hydrogens is 230 g/mol. The van der Waals surface area contributed by atoms with Crippen molar-refractivity contribution in [1.82, 2.24) is 15.5 Å². The fourth-order valence-electron chi connectivity index (χ4n) is 2.01. The highest BCUT2D eigenvalue weighted by molar-refractivity contribution is 5.83. The van der Waals surface area contributed by atoms with E-state index >= 15 is 0 Å². The lowest BCUT2D eigenvalue weighted by Gasteiger charge is -2.21. The van der Waals surface area contributed by atoms with Crippen molar-refractivity contribution < 1.29 is 9.59 Å². The molecule has 5 heteroatoms. The predicted octanol–water partition coefficient (Wildman–Crippen LogP) is 0.254.